The van der Waals surface area contributed by atoms with Gasteiger partial charge in [0.15, 0.2) is 5.82 Å². The second-order valence-electron chi connectivity index (χ2n) is 9.65. The number of nitrogens with zero attached hydrogens (tertiary/aromatic N) is 3. The van der Waals surface area contributed by atoms with Gasteiger partial charge >= 0.3 is 0 Å². The SMILES string of the molecule is [Ir].[c-]1ccc(-c2cccc(-c3nc(-c4ccccc4)cc(-c4ccccc4)n3)c2)cc1-c1nccc2ccccc12. The van der Waals surface area contributed by atoms with Crippen LogP contribution in [0.5, 0.6) is 0 Å². The van der Waals surface area contributed by atoms with Gasteiger partial charge in [0.2, 0.25) is 0 Å². The van der Waals surface area contributed by atoms with Gasteiger partial charge in [0.05, 0.1) is 11.4 Å². The summed E-state index contributed by atoms with van der Waals surface area (Å²) >= 11 is 0. The van der Waals surface area contributed by atoms with E-state index in [1.807, 2.05) is 60.8 Å². The number of benzene rings is 5. The molecular formula is C37H24IrN3-. The molecule has 0 atom stereocenters. The van der Waals surface area contributed by atoms with E-state index in [2.05, 4.69) is 91.0 Å². The molecule has 41 heavy (non-hydrogen) atoms. The van der Waals surface area contributed by atoms with Crippen molar-refractivity contribution in [3.05, 3.63) is 152 Å². The van der Waals surface area contributed by atoms with Crippen LogP contribution < -0.4 is 0 Å². The Labute approximate surface area is 253 Å². The van der Waals surface area contributed by atoms with Crippen molar-refractivity contribution in [1.82, 2.24) is 15.0 Å². The van der Waals surface area contributed by atoms with Gasteiger partial charge in [0, 0.05) is 43.0 Å². The van der Waals surface area contributed by atoms with Crippen molar-refractivity contribution in [2.45, 2.75) is 0 Å². The minimum atomic E-state index is 0. The largest absolute Gasteiger partial charge is 0.304 e. The number of aromatic nitrogens is 3. The van der Waals surface area contributed by atoms with Crippen LogP contribution in [0.4, 0.5) is 0 Å². The first-order valence-electron chi connectivity index (χ1n) is 13.3. The Balaban J connectivity index is 0.00000302. The van der Waals surface area contributed by atoms with E-state index in [1.54, 1.807) is 0 Å². The Morgan fingerprint density at radius 3 is 1.83 bits per heavy atom. The zero-order chi connectivity index (χ0) is 26.7. The number of pyridine rings is 1. The summed E-state index contributed by atoms with van der Waals surface area (Å²) in [6.45, 7) is 0. The molecule has 0 fully saturated rings. The molecule has 0 saturated heterocycles. The standard InChI is InChI=1S/C37H24N3.Ir/c1-3-12-27(13-4-1)34-25-35(28-14-5-2-6-15-28)40-37(39-34)32-19-10-17-30(24-32)29-16-9-18-31(23-29)36-33-20-8-7-11-26(33)21-22-38-36;/h1-17,19-25H;/q-1;. The van der Waals surface area contributed by atoms with Gasteiger partial charge in [-0.25, -0.2) is 9.97 Å². The zero-order valence-electron chi connectivity index (χ0n) is 22.0. The molecule has 7 aromatic rings. The molecule has 2 aromatic heterocycles. The van der Waals surface area contributed by atoms with E-state index < -0.39 is 0 Å². The first-order valence-corrected chi connectivity index (χ1v) is 13.3. The van der Waals surface area contributed by atoms with E-state index in [-0.39, 0.29) is 20.1 Å². The summed E-state index contributed by atoms with van der Waals surface area (Å²) in [5.74, 6) is 0.695. The summed E-state index contributed by atoms with van der Waals surface area (Å²) in [4.78, 5) is 14.7. The Morgan fingerprint density at radius 1 is 0.488 bits per heavy atom. The first-order chi connectivity index (χ1) is 19.8. The van der Waals surface area contributed by atoms with Crippen molar-refractivity contribution in [1.29, 1.82) is 0 Å². The third-order valence-electron chi connectivity index (χ3n) is 7.05. The Hall–Kier alpha value is -4.76. The molecule has 0 aliphatic rings. The molecule has 2 heterocycles. The van der Waals surface area contributed by atoms with Crippen molar-refractivity contribution in [2.24, 2.45) is 0 Å². The fourth-order valence-corrected chi connectivity index (χ4v) is 5.04. The second-order valence-corrected chi connectivity index (χ2v) is 9.65. The first kappa shape index (κ1) is 26.5. The Kier molecular flexibility index (Phi) is 7.60. The van der Waals surface area contributed by atoms with Crippen LogP contribution in [-0.2, 0) is 20.1 Å². The number of rotatable bonds is 5. The van der Waals surface area contributed by atoms with Gasteiger partial charge < -0.3 is 4.98 Å². The monoisotopic (exact) mass is 703 g/mol. The topological polar surface area (TPSA) is 38.7 Å². The summed E-state index contributed by atoms with van der Waals surface area (Å²) in [5.41, 5.74) is 8.95. The van der Waals surface area contributed by atoms with Gasteiger partial charge in [-0.3, -0.25) is 0 Å². The van der Waals surface area contributed by atoms with Crippen LogP contribution in [0.1, 0.15) is 0 Å². The van der Waals surface area contributed by atoms with Crippen molar-refractivity contribution < 1.29 is 20.1 Å². The fourth-order valence-electron chi connectivity index (χ4n) is 5.04. The molecule has 0 bridgehead atoms. The molecule has 0 aliphatic carbocycles. The van der Waals surface area contributed by atoms with Crippen LogP contribution in [-0.4, -0.2) is 15.0 Å². The Morgan fingerprint density at radius 2 is 1.10 bits per heavy atom. The molecule has 0 aliphatic heterocycles. The molecule has 4 heteroatoms. The number of hydrogen-bond donors (Lipinski definition) is 0. The molecule has 1 radical (unpaired) electrons. The summed E-state index contributed by atoms with van der Waals surface area (Å²) in [6, 6.07) is 51.0. The van der Waals surface area contributed by atoms with Crippen molar-refractivity contribution in [3.8, 4) is 56.3 Å². The van der Waals surface area contributed by atoms with E-state index in [1.165, 1.54) is 0 Å². The van der Waals surface area contributed by atoms with Gasteiger partial charge in [0.1, 0.15) is 0 Å². The van der Waals surface area contributed by atoms with Crippen molar-refractivity contribution in [2.75, 3.05) is 0 Å². The van der Waals surface area contributed by atoms with Crippen molar-refractivity contribution in [3.63, 3.8) is 0 Å². The molecule has 0 unspecified atom stereocenters. The predicted octanol–water partition coefficient (Wildman–Crippen LogP) is 9.16. The number of hydrogen-bond acceptors (Lipinski definition) is 3. The molecule has 5 aromatic carbocycles. The van der Waals surface area contributed by atoms with Gasteiger partial charge in [-0.05, 0) is 40.2 Å². The van der Waals surface area contributed by atoms with E-state index in [0.717, 1.165) is 61.2 Å². The van der Waals surface area contributed by atoms with Gasteiger partial charge in [-0.2, -0.15) is 0 Å². The van der Waals surface area contributed by atoms with Crippen LogP contribution in [0.15, 0.2) is 146 Å². The van der Waals surface area contributed by atoms with E-state index in [0.29, 0.717) is 5.82 Å². The number of fused-ring (bicyclic) bond motifs is 1. The molecule has 0 spiro atoms. The predicted molar refractivity (Wildman–Crippen MR) is 163 cm³/mol. The van der Waals surface area contributed by atoms with Gasteiger partial charge in [-0.15, -0.1) is 35.4 Å². The molecule has 7 rings (SSSR count). The van der Waals surface area contributed by atoms with Crippen LogP contribution in [0.3, 0.4) is 0 Å². The third-order valence-corrected chi connectivity index (χ3v) is 7.05. The maximum absolute atomic E-state index is 5.01. The maximum atomic E-state index is 5.01. The average molecular weight is 703 g/mol. The van der Waals surface area contributed by atoms with Crippen LogP contribution in [0.25, 0.3) is 67.1 Å². The maximum Gasteiger partial charge on any atom is 0.160 e. The molecule has 0 N–H and O–H groups in total. The normalized spacial score (nSPS) is 10.7. The molecule has 0 saturated carbocycles. The van der Waals surface area contributed by atoms with Crippen LogP contribution in [0.2, 0.25) is 0 Å². The van der Waals surface area contributed by atoms with Crippen LogP contribution >= 0.6 is 0 Å². The smallest absolute Gasteiger partial charge is 0.160 e. The quantitative estimate of drug-likeness (QED) is 0.168. The van der Waals surface area contributed by atoms with E-state index in [4.69, 9.17) is 15.0 Å². The molecule has 3 nitrogen and oxygen atoms in total. The molecule has 197 valence electrons. The van der Waals surface area contributed by atoms with Crippen molar-refractivity contribution >= 4 is 10.8 Å². The van der Waals surface area contributed by atoms with E-state index >= 15 is 0 Å². The van der Waals surface area contributed by atoms with Gasteiger partial charge in [0.25, 0.3) is 0 Å². The summed E-state index contributed by atoms with van der Waals surface area (Å²) < 4.78 is 0. The van der Waals surface area contributed by atoms with Gasteiger partial charge in [-0.1, -0.05) is 103 Å². The Bertz CT molecular complexity index is 1890. The second kappa shape index (κ2) is 11.8. The summed E-state index contributed by atoms with van der Waals surface area (Å²) in [7, 11) is 0. The molecular weight excluding hydrogens is 679 g/mol. The third kappa shape index (κ3) is 5.49. The summed E-state index contributed by atoms with van der Waals surface area (Å²) in [5, 5.41) is 2.28. The molecule has 0 amide bonds. The minimum absolute atomic E-state index is 0. The van der Waals surface area contributed by atoms with E-state index in [9.17, 15) is 0 Å². The van der Waals surface area contributed by atoms with Crippen LogP contribution in [0, 0.1) is 6.07 Å². The zero-order valence-corrected chi connectivity index (χ0v) is 24.4. The summed E-state index contributed by atoms with van der Waals surface area (Å²) in [6.07, 6.45) is 1.86. The fraction of sp³-hybridized carbons (Fsp3) is 0. The average Bonchev–Trinajstić information content (AvgIpc) is 3.05. The minimum Gasteiger partial charge on any atom is -0.304 e.